The van der Waals surface area contributed by atoms with Gasteiger partial charge >= 0.3 is 0 Å². The SMILES string of the molecule is c1ccc(-c2ccc3ccc(-c4ccc5ccc(N(c6ccccc6)c6ccc(-c7ccc8c(c7)oc7ccccc78)cc6)cc5c4)cc3c2)cc1. The minimum atomic E-state index is 0.907. The summed E-state index contributed by atoms with van der Waals surface area (Å²) in [4.78, 5) is 2.33. The van der Waals surface area contributed by atoms with Gasteiger partial charge in [-0.15, -0.1) is 0 Å². The molecule has 1 aromatic heterocycles. The summed E-state index contributed by atoms with van der Waals surface area (Å²) in [7, 11) is 0. The van der Waals surface area contributed by atoms with Crippen LogP contribution in [0.1, 0.15) is 0 Å². The summed E-state index contributed by atoms with van der Waals surface area (Å²) in [5, 5.41) is 7.18. The summed E-state index contributed by atoms with van der Waals surface area (Å²) in [6.45, 7) is 0. The van der Waals surface area contributed by atoms with E-state index in [2.05, 4.69) is 193 Å². The largest absolute Gasteiger partial charge is 0.456 e. The first-order chi connectivity index (χ1) is 25.7. The van der Waals surface area contributed by atoms with Gasteiger partial charge in [0.05, 0.1) is 0 Å². The minimum Gasteiger partial charge on any atom is -0.456 e. The number of para-hydroxylation sites is 2. The number of furan rings is 1. The van der Waals surface area contributed by atoms with Gasteiger partial charge in [-0.1, -0.05) is 127 Å². The van der Waals surface area contributed by atoms with E-state index in [1.165, 1.54) is 43.8 Å². The summed E-state index contributed by atoms with van der Waals surface area (Å²) in [6, 6.07) is 71.8. The molecule has 0 spiro atoms. The van der Waals surface area contributed by atoms with Gasteiger partial charge in [-0.25, -0.2) is 0 Å². The molecule has 0 atom stereocenters. The molecule has 10 aromatic rings. The summed E-state index contributed by atoms with van der Waals surface area (Å²) >= 11 is 0. The van der Waals surface area contributed by atoms with E-state index < -0.39 is 0 Å². The van der Waals surface area contributed by atoms with E-state index in [-0.39, 0.29) is 0 Å². The number of rotatable bonds is 6. The predicted molar refractivity (Wildman–Crippen MR) is 220 cm³/mol. The Morgan fingerprint density at radius 3 is 1.44 bits per heavy atom. The van der Waals surface area contributed by atoms with E-state index in [1.54, 1.807) is 0 Å². The maximum atomic E-state index is 6.20. The molecule has 244 valence electrons. The summed E-state index contributed by atoms with van der Waals surface area (Å²) in [6.07, 6.45) is 0. The third-order valence-corrected chi connectivity index (χ3v) is 10.2. The summed E-state index contributed by atoms with van der Waals surface area (Å²) in [5.74, 6) is 0. The van der Waals surface area contributed by atoms with Crippen LogP contribution in [0.4, 0.5) is 17.1 Å². The number of hydrogen-bond acceptors (Lipinski definition) is 2. The lowest BCUT2D eigenvalue weighted by Gasteiger charge is -2.26. The Balaban J connectivity index is 1.01. The molecule has 0 bridgehead atoms. The lowest BCUT2D eigenvalue weighted by molar-refractivity contribution is 0.669. The minimum absolute atomic E-state index is 0.907. The van der Waals surface area contributed by atoms with Crippen LogP contribution in [0.15, 0.2) is 205 Å². The monoisotopic (exact) mass is 663 g/mol. The van der Waals surface area contributed by atoms with Crippen LogP contribution < -0.4 is 4.90 Å². The van der Waals surface area contributed by atoms with Crippen molar-refractivity contribution in [1.29, 1.82) is 0 Å². The summed E-state index contributed by atoms with van der Waals surface area (Å²) in [5.41, 5.74) is 12.3. The average molecular weight is 664 g/mol. The normalized spacial score (nSPS) is 11.5. The van der Waals surface area contributed by atoms with Crippen molar-refractivity contribution in [3.63, 3.8) is 0 Å². The van der Waals surface area contributed by atoms with Crippen molar-refractivity contribution in [3.8, 4) is 33.4 Å². The fourth-order valence-corrected chi connectivity index (χ4v) is 7.52. The molecule has 0 aliphatic rings. The van der Waals surface area contributed by atoms with Crippen LogP contribution in [0.5, 0.6) is 0 Å². The Labute approximate surface area is 302 Å². The molecule has 0 saturated carbocycles. The molecule has 0 saturated heterocycles. The van der Waals surface area contributed by atoms with Crippen LogP contribution in [-0.2, 0) is 0 Å². The second-order valence-corrected chi connectivity index (χ2v) is 13.4. The molecule has 0 aliphatic carbocycles. The number of hydrogen-bond donors (Lipinski definition) is 0. The Hall–Kier alpha value is -6.90. The van der Waals surface area contributed by atoms with Crippen molar-refractivity contribution < 1.29 is 4.42 Å². The van der Waals surface area contributed by atoms with Gasteiger partial charge in [0, 0.05) is 27.8 Å². The zero-order valence-corrected chi connectivity index (χ0v) is 28.4. The van der Waals surface area contributed by atoms with Gasteiger partial charge in [-0.3, -0.25) is 0 Å². The molecule has 1 heterocycles. The lowest BCUT2D eigenvalue weighted by atomic mass is 9.96. The highest BCUT2D eigenvalue weighted by Crippen LogP contribution is 2.39. The van der Waals surface area contributed by atoms with Gasteiger partial charge in [0.1, 0.15) is 11.2 Å². The van der Waals surface area contributed by atoms with Crippen LogP contribution in [0, 0.1) is 0 Å². The van der Waals surface area contributed by atoms with E-state index in [9.17, 15) is 0 Å². The Morgan fingerprint density at radius 1 is 0.269 bits per heavy atom. The number of anilines is 3. The van der Waals surface area contributed by atoms with E-state index in [1.807, 2.05) is 12.1 Å². The molecule has 9 aromatic carbocycles. The fraction of sp³-hybridized carbons (Fsp3) is 0. The molecule has 10 rings (SSSR count). The second-order valence-electron chi connectivity index (χ2n) is 13.4. The van der Waals surface area contributed by atoms with Crippen LogP contribution >= 0.6 is 0 Å². The highest BCUT2D eigenvalue weighted by Gasteiger charge is 2.15. The van der Waals surface area contributed by atoms with Crippen molar-refractivity contribution in [2.45, 2.75) is 0 Å². The van der Waals surface area contributed by atoms with Crippen LogP contribution in [-0.4, -0.2) is 0 Å². The third kappa shape index (κ3) is 5.39. The molecule has 0 amide bonds. The molecular formula is C50H33NO. The molecule has 2 heteroatoms. The molecule has 0 aliphatic heterocycles. The third-order valence-electron chi connectivity index (χ3n) is 10.2. The van der Waals surface area contributed by atoms with Crippen LogP contribution in [0.2, 0.25) is 0 Å². The maximum absolute atomic E-state index is 6.20. The van der Waals surface area contributed by atoms with E-state index in [4.69, 9.17) is 4.42 Å². The summed E-state index contributed by atoms with van der Waals surface area (Å²) < 4.78 is 6.20. The van der Waals surface area contributed by atoms with Gasteiger partial charge in [-0.2, -0.15) is 0 Å². The standard InChI is InChI=1S/C50H33NO/c1-3-9-34(10-4-1)38-18-15-36-16-19-39(30-42(36)29-38)40-20-17-37-23-27-46(32-43(37)31-40)51(44-11-5-2-6-12-44)45-25-21-35(22-26-45)41-24-28-48-47-13-7-8-14-49(47)52-50(48)33-41/h1-33H. The van der Waals surface area contributed by atoms with E-state index >= 15 is 0 Å². The molecule has 2 nitrogen and oxygen atoms in total. The van der Waals surface area contributed by atoms with Crippen molar-refractivity contribution in [2.75, 3.05) is 4.90 Å². The van der Waals surface area contributed by atoms with Gasteiger partial charge < -0.3 is 9.32 Å². The first-order valence-electron chi connectivity index (χ1n) is 17.7. The Morgan fingerprint density at radius 2 is 0.731 bits per heavy atom. The van der Waals surface area contributed by atoms with Crippen molar-refractivity contribution in [1.82, 2.24) is 0 Å². The second kappa shape index (κ2) is 12.5. The first kappa shape index (κ1) is 30.0. The maximum Gasteiger partial charge on any atom is 0.136 e. The van der Waals surface area contributed by atoms with Gasteiger partial charge in [0.2, 0.25) is 0 Å². The molecule has 0 radical (unpaired) electrons. The number of nitrogens with zero attached hydrogens (tertiary/aromatic N) is 1. The molecule has 52 heavy (non-hydrogen) atoms. The quantitative estimate of drug-likeness (QED) is 0.176. The van der Waals surface area contributed by atoms with Crippen molar-refractivity contribution in [2.24, 2.45) is 0 Å². The Kier molecular flexibility index (Phi) is 7.18. The van der Waals surface area contributed by atoms with Crippen LogP contribution in [0.3, 0.4) is 0 Å². The lowest BCUT2D eigenvalue weighted by Crippen LogP contribution is -2.09. The van der Waals surface area contributed by atoms with E-state index in [0.29, 0.717) is 0 Å². The zero-order chi connectivity index (χ0) is 34.4. The zero-order valence-electron chi connectivity index (χ0n) is 28.4. The molecule has 0 N–H and O–H groups in total. The fourth-order valence-electron chi connectivity index (χ4n) is 7.52. The average Bonchev–Trinajstić information content (AvgIpc) is 3.59. The smallest absolute Gasteiger partial charge is 0.136 e. The van der Waals surface area contributed by atoms with Gasteiger partial charge in [0.25, 0.3) is 0 Å². The molecule has 0 unspecified atom stereocenters. The van der Waals surface area contributed by atoms with E-state index in [0.717, 1.165) is 50.1 Å². The van der Waals surface area contributed by atoms with Crippen molar-refractivity contribution in [3.05, 3.63) is 200 Å². The predicted octanol–water partition coefficient (Wildman–Crippen LogP) is 14.4. The van der Waals surface area contributed by atoms with Gasteiger partial charge in [-0.05, 0) is 128 Å². The number of fused-ring (bicyclic) bond motifs is 5. The number of benzene rings is 9. The first-order valence-corrected chi connectivity index (χ1v) is 17.7. The van der Waals surface area contributed by atoms with Crippen LogP contribution in [0.25, 0.3) is 76.9 Å². The molecule has 0 fully saturated rings. The van der Waals surface area contributed by atoms with Crippen molar-refractivity contribution >= 4 is 60.5 Å². The van der Waals surface area contributed by atoms with Gasteiger partial charge in [0.15, 0.2) is 0 Å². The highest BCUT2D eigenvalue weighted by molar-refractivity contribution is 6.06. The topological polar surface area (TPSA) is 16.4 Å². The Bertz CT molecular complexity index is 2890. The molecular weight excluding hydrogens is 631 g/mol. The highest BCUT2D eigenvalue weighted by atomic mass is 16.3.